The number of hydrogen-bond donors (Lipinski definition) is 1. The minimum atomic E-state index is -1.28. The van der Waals surface area contributed by atoms with Crippen LogP contribution in [0.4, 0.5) is 5.69 Å². The summed E-state index contributed by atoms with van der Waals surface area (Å²) in [5.74, 6) is -1.95. The van der Waals surface area contributed by atoms with E-state index in [4.69, 9.17) is 23.7 Å². The van der Waals surface area contributed by atoms with E-state index in [0.29, 0.717) is 0 Å². The lowest BCUT2D eigenvalue weighted by Gasteiger charge is -2.56. The quantitative estimate of drug-likeness (QED) is 0.435. The van der Waals surface area contributed by atoms with Crippen molar-refractivity contribution < 1.29 is 38.5 Å². The van der Waals surface area contributed by atoms with Crippen LogP contribution in [0.5, 0.6) is 0 Å². The first-order chi connectivity index (χ1) is 13.6. The number of nitro benzene ring substituents is 1. The van der Waals surface area contributed by atoms with Gasteiger partial charge in [0.25, 0.3) is 5.69 Å². The number of non-ortho nitro benzene ring substituents is 1. The van der Waals surface area contributed by atoms with Gasteiger partial charge in [-0.15, -0.1) is 0 Å². The van der Waals surface area contributed by atoms with Crippen molar-refractivity contribution in [2.45, 2.75) is 56.6 Å². The Morgan fingerprint density at radius 1 is 1.28 bits per heavy atom. The topological polar surface area (TPSA) is 127 Å². The first kappa shape index (κ1) is 21.6. The van der Waals surface area contributed by atoms with Crippen LogP contribution in [0.3, 0.4) is 0 Å². The molecule has 2 saturated heterocycles. The number of hydrogen-bond acceptors (Lipinski definition) is 9. The van der Waals surface area contributed by atoms with Crippen LogP contribution >= 0.6 is 0 Å². The van der Waals surface area contributed by atoms with E-state index in [1.54, 1.807) is 13.8 Å². The number of methoxy groups -OCH3 is 1. The van der Waals surface area contributed by atoms with Gasteiger partial charge in [0.2, 0.25) is 0 Å². The summed E-state index contributed by atoms with van der Waals surface area (Å²) in [6.07, 6.45) is -2.44. The van der Waals surface area contributed by atoms with Crippen molar-refractivity contribution in [3.05, 3.63) is 39.9 Å². The summed E-state index contributed by atoms with van der Waals surface area (Å²) in [7, 11) is 1.44. The van der Waals surface area contributed by atoms with Gasteiger partial charge in [0.05, 0.1) is 29.8 Å². The highest BCUT2D eigenvalue weighted by Crippen LogP contribution is 2.42. The van der Waals surface area contributed by atoms with Gasteiger partial charge in [-0.25, -0.2) is 4.79 Å². The van der Waals surface area contributed by atoms with E-state index >= 15 is 0 Å². The van der Waals surface area contributed by atoms with Gasteiger partial charge in [0.1, 0.15) is 17.8 Å². The van der Waals surface area contributed by atoms with Crippen molar-refractivity contribution in [3.8, 4) is 0 Å². The van der Waals surface area contributed by atoms with Crippen LogP contribution in [0, 0.1) is 10.1 Å². The first-order valence-electron chi connectivity index (χ1n) is 9.23. The Morgan fingerprint density at radius 2 is 1.93 bits per heavy atom. The number of nitro groups is 1. The van der Waals surface area contributed by atoms with Crippen LogP contribution in [0.1, 0.15) is 31.1 Å². The molecule has 0 radical (unpaired) electrons. The number of rotatable bonds is 5. The van der Waals surface area contributed by atoms with Gasteiger partial charge >= 0.3 is 5.97 Å². The summed E-state index contributed by atoms with van der Waals surface area (Å²) in [6.45, 7) is 4.87. The van der Waals surface area contributed by atoms with Crippen molar-refractivity contribution >= 4 is 11.7 Å². The summed E-state index contributed by atoms with van der Waals surface area (Å²) in [5, 5.41) is 20.6. The minimum Gasteiger partial charge on any atom is -0.453 e. The van der Waals surface area contributed by atoms with Gasteiger partial charge in [-0.2, -0.15) is 0 Å². The average molecular weight is 411 g/mol. The number of esters is 1. The molecule has 2 heterocycles. The molecule has 0 aliphatic carbocycles. The highest BCUT2D eigenvalue weighted by molar-refractivity contribution is 5.89. The number of ether oxygens (including phenoxy) is 5. The molecule has 6 atom stereocenters. The predicted octanol–water partition coefficient (Wildman–Crippen LogP) is 1.44. The Bertz CT molecular complexity index is 769. The zero-order valence-corrected chi connectivity index (χ0v) is 16.7. The normalized spacial score (nSPS) is 36.9. The van der Waals surface area contributed by atoms with E-state index in [1.807, 2.05) is 6.92 Å². The minimum absolute atomic E-state index is 0.0834. The number of aliphatic hydroxyl groups is 1. The maximum absolute atomic E-state index is 12.5. The molecule has 3 rings (SSSR count). The molecule has 2 fully saturated rings. The Hall–Kier alpha value is -2.11. The second-order valence-electron chi connectivity index (χ2n) is 7.49. The Labute approximate surface area is 167 Å². The largest absolute Gasteiger partial charge is 0.453 e. The number of carbonyl (C=O) groups excluding carboxylic acids is 1. The smallest absolute Gasteiger partial charge is 0.338 e. The van der Waals surface area contributed by atoms with Crippen LogP contribution in [0.25, 0.3) is 0 Å². The summed E-state index contributed by atoms with van der Waals surface area (Å²) >= 11 is 0. The molecule has 0 unspecified atom stereocenters. The van der Waals surface area contributed by atoms with Crippen LogP contribution < -0.4 is 0 Å². The van der Waals surface area contributed by atoms with Crippen molar-refractivity contribution in [3.63, 3.8) is 0 Å². The van der Waals surface area contributed by atoms with Gasteiger partial charge in [-0.1, -0.05) is 0 Å². The number of aliphatic hydroxyl groups excluding tert-OH is 1. The Morgan fingerprint density at radius 3 is 2.48 bits per heavy atom. The standard InChI is InChI=1S/C19H25NO9/c1-11-15-16(29-19(3,25-4)18(2,10-21)28-15)14(9-26-11)27-17(22)12-5-7-13(8-6-12)20(23)24/h5-8,11,14-16,21H,9-10H2,1-4H3/t11-,14-,15+,16+,18+,19+/m0/s1. The molecule has 0 saturated carbocycles. The second-order valence-corrected chi connectivity index (χ2v) is 7.49. The van der Waals surface area contributed by atoms with Crippen LogP contribution in [-0.2, 0) is 23.7 Å². The molecule has 1 aromatic rings. The maximum Gasteiger partial charge on any atom is 0.338 e. The fourth-order valence-electron chi connectivity index (χ4n) is 3.48. The third kappa shape index (κ3) is 3.86. The third-order valence-corrected chi connectivity index (χ3v) is 5.66. The summed E-state index contributed by atoms with van der Waals surface area (Å²) in [5.41, 5.74) is -1.11. The molecular formula is C19H25NO9. The maximum atomic E-state index is 12.5. The molecular weight excluding hydrogens is 386 g/mol. The molecule has 0 aromatic heterocycles. The van der Waals surface area contributed by atoms with E-state index in [9.17, 15) is 20.0 Å². The van der Waals surface area contributed by atoms with E-state index in [-0.39, 0.29) is 30.6 Å². The van der Waals surface area contributed by atoms with Crippen molar-refractivity contribution in [1.29, 1.82) is 0 Å². The fourth-order valence-corrected chi connectivity index (χ4v) is 3.48. The van der Waals surface area contributed by atoms with E-state index in [1.165, 1.54) is 31.4 Å². The van der Waals surface area contributed by atoms with E-state index < -0.39 is 40.6 Å². The second kappa shape index (κ2) is 7.96. The first-order valence-corrected chi connectivity index (χ1v) is 9.23. The summed E-state index contributed by atoms with van der Waals surface area (Å²) in [6, 6.07) is 5.11. The molecule has 0 spiro atoms. The van der Waals surface area contributed by atoms with Crippen LogP contribution in [0.2, 0.25) is 0 Å². The van der Waals surface area contributed by atoms with Crippen LogP contribution in [-0.4, -0.2) is 72.1 Å². The van der Waals surface area contributed by atoms with Gasteiger partial charge in [-0.3, -0.25) is 10.1 Å². The van der Waals surface area contributed by atoms with Gasteiger partial charge in [-0.05, 0) is 32.9 Å². The fraction of sp³-hybridized carbons (Fsp3) is 0.632. The molecule has 0 amide bonds. The van der Waals surface area contributed by atoms with Crippen molar-refractivity contribution in [1.82, 2.24) is 0 Å². The summed E-state index contributed by atoms with van der Waals surface area (Å²) in [4.78, 5) is 22.8. The molecule has 1 aromatic carbocycles. The molecule has 160 valence electrons. The number of carbonyl (C=O) groups is 1. The SMILES string of the molecule is CO[C@]1(C)O[C@H]2[C@H](O[C@]1(C)CO)[C@H](C)OC[C@@H]2OC(=O)c1ccc([N+](=O)[O-])cc1. The summed E-state index contributed by atoms with van der Waals surface area (Å²) < 4.78 is 29.0. The number of nitrogens with zero attached hydrogens (tertiary/aromatic N) is 1. The zero-order chi connectivity index (χ0) is 21.4. The third-order valence-electron chi connectivity index (χ3n) is 5.66. The molecule has 1 N–H and O–H groups in total. The molecule has 0 bridgehead atoms. The molecule has 2 aliphatic heterocycles. The van der Waals surface area contributed by atoms with Crippen molar-refractivity contribution in [2.75, 3.05) is 20.3 Å². The van der Waals surface area contributed by atoms with Crippen molar-refractivity contribution in [2.24, 2.45) is 0 Å². The molecule has 10 nitrogen and oxygen atoms in total. The lowest BCUT2D eigenvalue weighted by molar-refractivity contribution is -0.418. The van der Waals surface area contributed by atoms with Gasteiger partial charge in [0.15, 0.2) is 11.9 Å². The molecule has 10 heteroatoms. The average Bonchev–Trinajstić information content (AvgIpc) is 2.71. The predicted molar refractivity (Wildman–Crippen MR) is 98.4 cm³/mol. The van der Waals surface area contributed by atoms with E-state index in [0.717, 1.165) is 0 Å². The lowest BCUT2D eigenvalue weighted by atomic mass is 9.89. The number of benzene rings is 1. The number of fused-ring (bicyclic) bond motifs is 1. The monoisotopic (exact) mass is 411 g/mol. The Balaban J connectivity index is 1.79. The lowest BCUT2D eigenvalue weighted by Crippen LogP contribution is -2.71. The Kier molecular flexibility index (Phi) is 5.93. The zero-order valence-electron chi connectivity index (χ0n) is 16.7. The van der Waals surface area contributed by atoms with Gasteiger partial charge in [0, 0.05) is 19.2 Å². The van der Waals surface area contributed by atoms with E-state index in [2.05, 4.69) is 0 Å². The van der Waals surface area contributed by atoms with Crippen LogP contribution in [0.15, 0.2) is 24.3 Å². The highest BCUT2D eigenvalue weighted by Gasteiger charge is 2.60. The molecule has 29 heavy (non-hydrogen) atoms. The highest BCUT2D eigenvalue weighted by atomic mass is 16.8. The van der Waals surface area contributed by atoms with Gasteiger partial charge < -0.3 is 28.8 Å². The molecule has 2 aliphatic rings.